The Morgan fingerprint density at radius 2 is 0.643 bits per heavy atom. The van der Waals surface area contributed by atoms with E-state index < -0.39 is 90.6 Å². The topological polar surface area (TPSA) is 142 Å². The van der Waals surface area contributed by atoms with Crippen molar-refractivity contribution in [2.45, 2.75) is 39.6 Å². The lowest BCUT2D eigenvalue weighted by molar-refractivity contribution is -0.131. The number of alkyl halides is 12. The molecule has 0 saturated carbocycles. The van der Waals surface area contributed by atoms with E-state index in [0.29, 0.717) is 0 Å². The van der Waals surface area contributed by atoms with Crippen LogP contribution in [0.5, 0.6) is 0 Å². The number of carbonyl (C=O) groups is 4. The van der Waals surface area contributed by atoms with Gasteiger partial charge < -0.3 is 37.9 Å². The molecule has 242 valence electrons. The molecule has 0 bridgehead atoms. The van der Waals surface area contributed by atoms with Crippen molar-refractivity contribution >= 4 is 164 Å². The third-order valence-electron chi connectivity index (χ3n) is 3.81. The van der Waals surface area contributed by atoms with Gasteiger partial charge in [0.2, 0.25) is 15.2 Å². The first kappa shape index (κ1) is 40.3. The molecule has 0 unspecified atom stereocenters. The molecule has 42 heavy (non-hydrogen) atoms. The van der Waals surface area contributed by atoms with Crippen LogP contribution in [0, 0.1) is 0 Å². The number of hydrogen-bond donors (Lipinski definition) is 0. The van der Waals surface area contributed by atoms with Gasteiger partial charge in [-0.15, -0.1) is 0 Å². The van der Waals surface area contributed by atoms with E-state index in [1.54, 1.807) is 0 Å². The third kappa shape index (κ3) is 19.0. The standard InChI is InChI=1S/C18H14Cl12O12/c19-15(20,21)3-35-11(31)39-7-1-2-8(40-12(32)36-4-16(22,23)24)10(42-14(34)38-6-18(28,29)30)9(7)41-13(33)37-5-17(25,26)27/h1-2,7-10H,3-6H2/t7-,8-,9+,10+/m0/s1. The van der Waals surface area contributed by atoms with Gasteiger partial charge in [0.25, 0.3) is 0 Å². The van der Waals surface area contributed by atoms with Crippen LogP contribution in [-0.4, -0.2) is 90.6 Å². The van der Waals surface area contributed by atoms with Crippen LogP contribution in [-0.2, 0) is 37.9 Å². The van der Waals surface area contributed by atoms with Gasteiger partial charge in [0.15, 0.2) is 24.4 Å². The van der Waals surface area contributed by atoms with Crippen LogP contribution < -0.4 is 0 Å². The predicted octanol–water partition coefficient (Wildman–Crippen LogP) is 8.12. The van der Waals surface area contributed by atoms with E-state index in [-0.39, 0.29) is 0 Å². The molecule has 1 aliphatic carbocycles. The van der Waals surface area contributed by atoms with Crippen molar-refractivity contribution in [3.05, 3.63) is 12.2 Å². The molecule has 0 aromatic rings. The summed E-state index contributed by atoms with van der Waals surface area (Å²) in [4.78, 5) is 49.3. The Labute approximate surface area is 296 Å². The predicted molar refractivity (Wildman–Crippen MR) is 155 cm³/mol. The second-order valence-corrected chi connectivity index (χ2v) is 17.4. The highest BCUT2D eigenvalue weighted by Gasteiger charge is 2.47. The highest BCUT2D eigenvalue weighted by molar-refractivity contribution is 6.69. The molecule has 0 fully saturated rings. The minimum atomic E-state index is -2.07. The van der Waals surface area contributed by atoms with Crippen molar-refractivity contribution < 1.29 is 57.1 Å². The monoisotopic (exact) mass is 842 g/mol. The molecular weight excluding hydrogens is 834 g/mol. The summed E-state index contributed by atoms with van der Waals surface area (Å²) in [6, 6.07) is 0. The van der Waals surface area contributed by atoms with Crippen molar-refractivity contribution in [1.29, 1.82) is 0 Å². The van der Waals surface area contributed by atoms with Gasteiger partial charge in [-0.1, -0.05) is 139 Å². The fourth-order valence-electron chi connectivity index (χ4n) is 2.44. The Balaban J connectivity index is 3.32. The maximum absolute atomic E-state index is 12.4. The molecule has 0 saturated heterocycles. The van der Waals surface area contributed by atoms with Crippen molar-refractivity contribution in [2.75, 3.05) is 26.4 Å². The molecule has 1 rings (SSSR count). The highest BCUT2D eigenvalue weighted by Crippen LogP contribution is 2.31. The molecule has 4 atom stereocenters. The maximum Gasteiger partial charge on any atom is 0.509 e. The number of carbonyl (C=O) groups excluding carboxylic acids is 4. The summed E-state index contributed by atoms with van der Waals surface area (Å²) in [7, 11) is 0. The summed E-state index contributed by atoms with van der Waals surface area (Å²) in [5.74, 6) is 0. The van der Waals surface area contributed by atoms with E-state index in [1.807, 2.05) is 0 Å². The van der Waals surface area contributed by atoms with Crippen LogP contribution in [0.25, 0.3) is 0 Å². The van der Waals surface area contributed by atoms with Crippen LogP contribution in [0.3, 0.4) is 0 Å². The first-order chi connectivity index (χ1) is 18.9. The Bertz CT molecular complexity index is 896. The number of rotatable bonds is 8. The van der Waals surface area contributed by atoms with Gasteiger partial charge in [0.1, 0.15) is 26.4 Å². The van der Waals surface area contributed by atoms with Crippen LogP contribution in [0.4, 0.5) is 19.2 Å². The van der Waals surface area contributed by atoms with E-state index >= 15 is 0 Å². The lowest BCUT2D eigenvalue weighted by atomic mass is 9.95. The molecule has 1 aliphatic rings. The molecular formula is C18H14Cl12O12. The Morgan fingerprint density at radius 3 is 0.857 bits per heavy atom. The summed E-state index contributed by atoms with van der Waals surface area (Å²) < 4.78 is 30.9. The molecule has 0 aliphatic heterocycles. The minimum Gasteiger partial charge on any atom is -0.430 e. The zero-order valence-corrected chi connectivity index (χ0v) is 28.8. The third-order valence-corrected chi connectivity index (χ3v) is 5.12. The van der Waals surface area contributed by atoms with E-state index in [1.165, 1.54) is 0 Å². The molecule has 24 heteroatoms. The fraction of sp³-hybridized carbons (Fsp3) is 0.667. The smallest absolute Gasteiger partial charge is 0.430 e. The van der Waals surface area contributed by atoms with E-state index in [0.717, 1.165) is 12.2 Å². The lowest BCUT2D eigenvalue weighted by Gasteiger charge is -2.36. The largest absolute Gasteiger partial charge is 0.509 e. The second kappa shape index (κ2) is 17.3. The molecule has 0 spiro atoms. The molecule has 0 aromatic carbocycles. The fourth-order valence-corrected chi connectivity index (χ4v) is 3.09. The molecule has 0 heterocycles. The van der Waals surface area contributed by atoms with Crippen LogP contribution in [0.1, 0.15) is 0 Å². The van der Waals surface area contributed by atoms with Gasteiger partial charge in [0.05, 0.1) is 0 Å². The maximum atomic E-state index is 12.4. The van der Waals surface area contributed by atoms with Crippen LogP contribution in [0.15, 0.2) is 12.2 Å². The molecule has 0 aromatic heterocycles. The first-order valence-corrected chi connectivity index (χ1v) is 14.8. The first-order valence-electron chi connectivity index (χ1n) is 10.2. The summed E-state index contributed by atoms with van der Waals surface area (Å²) in [5.41, 5.74) is 0. The van der Waals surface area contributed by atoms with Crippen molar-refractivity contribution in [1.82, 2.24) is 0 Å². The molecule has 0 N–H and O–H groups in total. The summed E-state index contributed by atoms with van der Waals surface area (Å²) >= 11 is 66.5. The van der Waals surface area contributed by atoms with Gasteiger partial charge in [0, 0.05) is 0 Å². The van der Waals surface area contributed by atoms with E-state index in [9.17, 15) is 19.2 Å². The minimum absolute atomic E-state index is 0.770. The molecule has 0 amide bonds. The number of ether oxygens (including phenoxy) is 8. The summed E-state index contributed by atoms with van der Waals surface area (Å²) in [6.07, 6.45) is -11.2. The van der Waals surface area contributed by atoms with Gasteiger partial charge in [-0.3, -0.25) is 0 Å². The normalized spacial score (nSPS) is 21.0. The lowest BCUT2D eigenvalue weighted by Crippen LogP contribution is -2.53. The van der Waals surface area contributed by atoms with Crippen LogP contribution >= 0.6 is 139 Å². The molecule has 0 radical (unpaired) electrons. The Hall–Kier alpha value is 0.300. The van der Waals surface area contributed by atoms with Crippen molar-refractivity contribution in [3.8, 4) is 0 Å². The van der Waals surface area contributed by atoms with Gasteiger partial charge >= 0.3 is 24.6 Å². The van der Waals surface area contributed by atoms with E-state index in [2.05, 4.69) is 18.9 Å². The second-order valence-electron chi connectivity index (χ2n) is 7.33. The Morgan fingerprint density at radius 1 is 0.429 bits per heavy atom. The SMILES string of the molecule is O=C(OCC(Cl)(Cl)Cl)O[C@H]1[C@H](OC(=O)OCC(Cl)(Cl)Cl)[C@@H](OC(=O)OCC(Cl)(Cl)Cl)C=C[C@@H]1OC(=O)OCC(Cl)(Cl)Cl. The molecule has 12 nitrogen and oxygen atoms in total. The summed E-state index contributed by atoms with van der Waals surface area (Å²) in [5, 5.41) is 0. The zero-order chi connectivity index (χ0) is 32.5. The van der Waals surface area contributed by atoms with Gasteiger partial charge in [-0.25, -0.2) is 19.2 Å². The van der Waals surface area contributed by atoms with Crippen LogP contribution in [0.2, 0.25) is 0 Å². The highest BCUT2D eigenvalue weighted by atomic mass is 35.6. The summed E-state index contributed by atoms with van der Waals surface area (Å²) in [6.45, 7) is -3.19. The van der Waals surface area contributed by atoms with Crippen molar-refractivity contribution in [3.63, 3.8) is 0 Å². The number of hydrogen-bond acceptors (Lipinski definition) is 12. The quantitative estimate of drug-likeness (QED) is 0.101. The number of halogens is 12. The van der Waals surface area contributed by atoms with Crippen molar-refractivity contribution in [2.24, 2.45) is 0 Å². The Kier molecular flexibility index (Phi) is 16.6. The zero-order valence-electron chi connectivity index (χ0n) is 19.7. The average molecular weight is 848 g/mol. The van der Waals surface area contributed by atoms with Gasteiger partial charge in [-0.05, 0) is 12.2 Å². The van der Waals surface area contributed by atoms with E-state index in [4.69, 9.17) is 158 Å². The van der Waals surface area contributed by atoms with Gasteiger partial charge in [-0.2, -0.15) is 0 Å². The average Bonchev–Trinajstić information content (AvgIpc) is 2.80.